The molecule has 3 aromatic rings. The Morgan fingerprint density at radius 3 is 2.80 bits per heavy atom. The summed E-state index contributed by atoms with van der Waals surface area (Å²) in [5.41, 5.74) is 4.81. The van der Waals surface area contributed by atoms with Crippen LogP contribution in [0.1, 0.15) is 48.7 Å². The number of hydrogen-bond acceptors (Lipinski definition) is 3. The molecule has 0 aliphatic heterocycles. The zero-order valence-corrected chi connectivity index (χ0v) is 14.2. The van der Waals surface area contributed by atoms with Crippen molar-refractivity contribution in [2.24, 2.45) is 0 Å². The van der Waals surface area contributed by atoms with E-state index in [4.69, 9.17) is 0 Å². The highest BCUT2D eigenvalue weighted by Crippen LogP contribution is 2.37. The summed E-state index contributed by atoms with van der Waals surface area (Å²) in [6.45, 7) is 2.18. The quantitative estimate of drug-likeness (QED) is 0.531. The third kappa shape index (κ3) is 2.91. The zero-order valence-electron chi connectivity index (χ0n) is 14.2. The molecule has 5 nitrogen and oxygen atoms in total. The summed E-state index contributed by atoms with van der Waals surface area (Å²) in [4.78, 5) is 14.3. The van der Waals surface area contributed by atoms with Gasteiger partial charge in [0.1, 0.15) is 0 Å². The number of aromatic nitrogens is 1. The number of aryl methyl sites for hydroxylation is 1. The molecule has 0 amide bonds. The normalized spacial score (nSPS) is 18.0. The van der Waals surface area contributed by atoms with Crippen molar-refractivity contribution >= 4 is 16.6 Å². The number of benzene rings is 2. The fraction of sp³-hybridized carbons (Fsp3) is 0.300. The van der Waals surface area contributed by atoms with Crippen LogP contribution in [0.4, 0.5) is 5.69 Å². The van der Waals surface area contributed by atoms with Gasteiger partial charge in [-0.15, -0.1) is 0 Å². The van der Waals surface area contributed by atoms with Gasteiger partial charge in [0, 0.05) is 40.8 Å². The van der Waals surface area contributed by atoms with Crippen LogP contribution in [0.25, 0.3) is 10.9 Å². The fourth-order valence-electron chi connectivity index (χ4n) is 3.87. The van der Waals surface area contributed by atoms with Crippen molar-refractivity contribution in [3.63, 3.8) is 0 Å². The molecule has 0 saturated heterocycles. The van der Waals surface area contributed by atoms with Gasteiger partial charge in [0.25, 0.3) is 5.69 Å². The van der Waals surface area contributed by atoms with Crippen molar-refractivity contribution in [1.29, 1.82) is 0 Å². The highest BCUT2D eigenvalue weighted by atomic mass is 16.6. The second kappa shape index (κ2) is 6.33. The Morgan fingerprint density at radius 1 is 1.24 bits per heavy atom. The standard InChI is InChI=1S/C20H21N3O2/c1-13(14-6-3-2-4-7-14)21-19-9-5-8-16-17-12-15(23(24)25)10-11-18(17)22-20(16)19/h2-4,6-7,10-13,19,21-22H,5,8-9H2,1H3. The van der Waals surface area contributed by atoms with Crippen molar-refractivity contribution in [2.75, 3.05) is 0 Å². The van der Waals surface area contributed by atoms with Gasteiger partial charge >= 0.3 is 0 Å². The molecule has 0 bridgehead atoms. The number of non-ortho nitro benzene ring substituents is 1. The first-order valence-electron chi connectivity index (χ1n) is 8.73. The molecule has 0 spiro atoms. The third-order valence-electron chi connectivity index (χ3n) is 5.15. The van der Waals surface area contributed by atoms with Crippen molar-refractivity contribution in [3.05, 3.63) is 75.5 Å². The molecule has 1 aliphatic carbocycles. The molecule has 1 aliphatic rings. The van der Waals surface area contributed by atoms with E-state index >= 15 is 0 Å². The van der Waals surface area contributed by atoms with E-state index in [1.54, 1.807) is 12.1 Å². The summed E-state index contributed by atoms with van der Waals surface area (Å²) in [6, 6.07) is 16.0. The molecule has 5 heteroatoms. The van der Waals surface area contributed by atoms with E-state index in [0.717, 1.165) is 30.2 Å². The Kier molecular flexibility index (Phi) is 4.01. The van der Waals surface area contributed by atoms with Crippen molar-refractivity contribution in [3.8, 4) is 0 Å². The molecule has 2 unspecified atom stereocenters. The summed E-state index contributed by atoms with van der Waals surface area (Å²) in [5, 5.41) is 15.8. The Bertz CT molecular complexity index is 917. The molecule has 4 rings (SSSR count). The second-order valence-electron chi connectivity index (χ2n) is 6.75. The average Bonchev–Trinajstić information content (AvgIpc) is 3.01. The molecular formula is C20H21N3O2. The predicted molar refractivity (Wildman–Crippen MR) is 98.6 cm³/mol. The molecule has 0 saturated carbocycles. The predicted octanol–water partition coefficient (Wildman–Crippen LogP) is 4.80. The van der Waals surface area contributed by atoms with E-state index in [2.05, 4.69) is 41.5 Å². The first kappa shape index (κ1) is 15.8. The number of nitrogens with one attached hydrogen (secondary N) is 2. The van der Waals surface area contributed by atoms with Crippen LogP contribution in [0, 0.1) is 10.1 Å². The number of fused-ring (bicyclic) bond motifs is 3. The molecule has 128 valence electrons. The van der Waals surface area contributed by atoms with Gasteiger partial charge in [-0.25, -0.2) is 0 Å². The van der Waals surface area contributed by atoms with Crippen LogP contribution in [0.5, 0.6) is 0 Å². The fourth-order valence-corrected chi connectivity index (χ4v) is 3.87. The van der Waals surface area contributed by atoms with E-state index in [-0.39, 0.29) is 22.7 Å². The summed E-state index contributed by atoms with van der Waals surface area (Å²) in [5.74, 6) is 0. The maximum Gasteiger partial charge on any atom is 0.270 e. The van der Waals surface area contributed by atoms with Gasteiger partial charge in [-0.05, 0) is 43.4 Å². The minimum absolute atomic E-state index is 0.155. The summed E-state index contributed by atoms with van der Waals surface area (Å²) < 4.78 is 0. The minimum atomic E-state index is -0.325. The van der Waals surface area contributed by atoms with Gasteiger partial charge in [-0.2, -0.15) is 0 Å². The van der Waals surface area contributed by atoms with Gasteiger partial charge in [-0.3, -0.25) is 10.1 Å². The molecular weight excluding hydrogens is 314 g/mol. The van der Waals surface area contributed by atoms with E-state index in [9.17, 15) is 10.1 Å². The van der Waals surface area contributed by atoms with E-state index in [1.807, 2.05) is 12.1 Å². The van der Waals surface area contributed by atoms with Gasteiger partial charge in [0.2, 0.25) is 0 Å². The van der Waals surface area contributed by atoms with Crippen LogP contribution in [0.15, 0.2) is 48.5 Å². The molecule has 1 heterocycles. The van der Waals surface area contributed by atoms with Crippen LogP contribution >= 0.6 is 0 Å². The molecule has 2 atom stereocenters. The third-order valence-corrected chi connectivity index (χ3v) is 5.15. The van der Waals surface area contributed by atoms with E-state index in [1.165, 1.54) is 16.8 Å². The first-order chi connectivity index (χ1) is 12.1. The van der Waals surface area contributed by atoms with Gasteiger partial charge in [0.05, 0.1) is 4.92 Å². The Hall–Kier alpha value is -2.66. The molecule has 1 aromatic heterocycles. The van der Waals surface area contributed by atoms with Gasteiger partial charge in [-0.1, -0.05) is 30.3 Å². The van der Waals surface area contributed by atoms with Crippen LogP contribution in [-0.2, 0) is 6.42 Å². The number of nitro benzene ring substituents is 1. The smallest absolute Gasteiger partial charge is 0.270 e. The number of hydrogen-bond donors (Lipinski definition) is 2. The SMILES string of the molecule is CC(NC1CCCc2c1[nH]c1ccc([N+](=O)[O-])cc21)c1ccccc1. The lowest BCUT2D eigenvalue weighted by atomic mass is 9.91. The van der Waals surface area contributed by atoms with E-state index in [0.29, 0.717) is 0 Å². The van der Waals surface area contributed by atoms with Crippen LogP contribution in [0.2, 0.25) is 0 Å². The van der Waals surface area contributed by atoms with Crippen LogP contribution < -0.4 is 5.32 Å². The highest BCUT2D eigenvalue weighted by molar-refractivity contribution is 5.87. The Morgan fingerprint density at radius 2 is 2.04 bits per heavy atom. The van der Waals surface area contributed by atoms with Crippen molar-refractivity contribution in [1.82, 2.24) is 10.3 Å². The van der Waals surface area contributed by atoms with Crippen molar-refractivity contribution < 1.29 is 4.92 Å². The molecule has 0 radical (unpaired) electrons. The largest absolute Gasteiger partial charge is 0.357 e. The summed E-state index contributed by atoms with van der Waals surface area (Å²) in [6.07, 6.45) is 3.12. The van der Waals surface area contributed by atoms with Gasteiger partial charge in [0.15, 0.2) is 0 Å². The number of aromatic amines is 1. The lowest BCUT2D eigenvalue weighted by Crippen LogP contribution is -2.27. The summed E-state index contributed by atoms with van der Waals surface area (Å²) in [7, 11) is 0. The maximum absolute atomic E-state index is 11.1. The monoisotopic (exact) mass is 335 g/mol. The second-order valence-corrected chi connectivity index (χ2v) is 6.75. The van der Waals surface area contributed by atoms with Crippen LogP contribution in [0.3, 0.4) is 0 Å². The Balaban J connectivity index is 1.68. The average molecular weight is 335 g/mol. The minimum Gasteiger partial charge on any atom is -0.357 e. The Labute approximate surface area is 146 Å². The lowest BCUT2D eigenvalue weighted by Gasteiger charge is -2.27. The van der Waals surface area contributed by atoms with Gasteiger partial charge < -0.3 is 10.3 Å². The van der Waals surface area contributed by atoms with Crippen LogP contribution in [-0.4, -0.2) is 9.91 Å². The molecule has 25 heavy (non-hydrogen) atoms. The number of nitro groups is 1. The maximum atomic E-state index is 11.1. The zero-order chi connectivity index (χ0) is 17.4. The van der Waals surface area contributed by atoms with E-state index < -0.39 is 0 Å². The first-order valence-corrected chi connectivity index (χ1v) is 8.73. The topological polar surface area (TPSA) is 71.0 Å². The van der Waals surface area contributed by atoms with Crippen molar-refractivity contribution in [2.45, 2.75) is 38.3 Å². The number of nitrogens with zero attached hydrogens (tertiary/aromatic N) is 1. The number of rotatable bonds is 4. The lowest BCUT2D eigenvalue weighted by molar-refractivity contribution is -0.384. The molecule has 0 fully saturated rings. The number of H-pyrrole nitrogens is 1. The highest BCUT2D eigenvalue weighted by Gasteiger charge is 2.26. The molecule has 2 N–H and O–H groups in total. The summed E-state index contributed by atoms with van der Waals surface area (Å²) >= 11 is 0. The molecule has 2 aromatic carbocycles.